The highest BCUT2D eigenvalue weighted by molar-refractivity contribution is 5.53. The molecular weight excluding hydrogens is 405 g/mol. The zero-order valence-electron chi connectivity index (χ0n) is 19.5. The van der Waals surface area contributed by atoms with Gasteiger partial charge in [-0.2, -0.15) is 0 Å². The fourth-order valence-corrected chi connectivity index (χ4v) is 5.07. The fourth-order valence-electron chi connectivity index (χ4n) is 5.07. The lowest BCUT2D eigenvalue weighted by atomic mass is 9.86. The molecule has 174 valence electrons. The van der Waals surface area contributed by atoms with Gasteiger partial charge in [0.2, 0.25) is 0 Å². The van der Waals surface area contributed by atoms with E-state index in [1.807, 2.05) is 12.1 Å². The number of rotatable bonds is 8. The monoisotopic (exact) mass is 441 g/mol. The van der Waals surface area contributed by atoms with Crippen molar-refractivity contribution in [3.8, 4) is 5.75 Å². The fraction of sp³-hybridized carbons (Fsp3) is 0.556. The Morgan fingerprint density at radius 3 is 2.53 bits per heavy atom. The van der Waals surface area contributed by atoms with Gasteiger partial charge >= 0.3 is 0 Å². The third-order valence-corrected chi connectivity index (χ3v) is 6.86. The summed E-state index contributed by atoms with van der Waals surface area (Å²) >= 11 is 0. The summed E-state index contributed by atoms with van der Waals surface area (Å²) in [6, 6.07) is 12.7. The molecule has 1 aliphatic carbocycles. The molecular formula is C27H36FNO3. The Kier molecular flexibility index (Phi) is 7.37. The number of ether oxygens (including phenoxy) is 3. The van der Waals surface area contributed by atoms with E-state index in [-0.39, 0.29) is 18.0 Å². The highest BCUT2D eigenvalue weighted by Gasteiger charge is 2.45. The van der Waals surface area contributed by atoms with E-state index in [9.17, 15) is 4.39 Å². The van der Waals surface area contributed by atoms with Gasteiger partial charge in [-0.3, -0.25) is 0 Å². The van der Waals surface area contributed by atoms with Crippen molar-refractivity contribution >= 4 is 5.69 Å². The van der Waals surface area contributed by atoms with Crippen LogP contribution in [0.2, 0.25) is 0 Å². The molecule has 1 N–H and O–H groups in total. The van der Waals surface area contributed by atoms with Crippen molar-refractivity contribution in [2.75, 3.05) is 19.0 Å². The summed E-state index contributed by atoms with van der Waals surface area (Å²) in [5, 5.41) is 3.44. The lowest BCUT2D eigenvalue weighted by molar-refractivity contribution is -0.151. The van der Waals surface area contributed by atoms with Crippen LogP contribution in [0, 0.1) is 11.7 Å². The molecule has 2 aromatic rings. The minimum Gasteiger partial charge on any atom is -0.485 e. The largest absolute Gasteiger partial charge is 0.485 e. The van der Waals surface area contributed by atoms with Crippen LogP contribution < -0.4 is 10.1 Å². The van der Waals surface area contributed by atoms with Crippen molar-refractivity contribution < 1.29 is 18.6 Å². The Labute approximate surface area is 191 Å². The van der Waals surface area contributed by atoms with Gasteiger partial charge in [-0.1, -0.05) is 44.2 Å². The van der Waals surface area contributed by atoms with Gasteiger partial charge in [-0.05, 0) is 62.1 Å². The molecule has 5 heteroatoms. The maximum absolute atomic E-state index is 13.2. The summed E-state index contributed by atoms with van der Waals surface area (Å²) in [4.78, 5) is 0. The SMILES string of the molecule is COC1C(OCCC2CCCCC2)c2cc(NCc3ccc(F)cc3)ccc2OC1(C)C. The van der Waals surface area contributed by atoms with Crippen LogP contribution in [0.15, 0.2) is 42.5 Å². The molecule has 4 nitrogen and oxygen atoms in total. The number of hydrogen-bond donors (Lipinski definition) is 1. The first-order valence-corrected chi connectivity index (χ1v) is 11.9. The molecule has 2 unspecified atom stereocenters. The number of halogens is 1. The van der Waals surface area contributed by atoms with Crippen molar-refractivity contribution in [2.45, 2.75) is 76.7 Å². The standard InChI is InChI=1S/C27H36FNO3/c1-27(2)26(30-3)25(31-16-15-19-7-5-4-6-8-19)23-17-22(13-14-24(23)32-27)29-18-20-9-11-21(28)12-10-20/h9-14,17,19,25-26,29H,4-8,15-16,18H2,1-3H3. The van der Waals surface area contributed by atoms with Crippen molar-refractivity contribution in [3.05, 3.63) is 59.4 Å². The van der Waals surface area contributed by atoms with Gasteiger partial charge in [-0.25, -0.2) is 4.39 Å². The molecule has 0 bridgehead atoms. The van der Waals surface area contributed by atoms with Gasteiger partial charge in [0.1, 0.15) is 29.4 Å². The number of benzene rings is 2. The number of fused-ring (bicyclic) bond motifs is 1. The van der Waals surface area contributed by atoms with Crippen LogP contribution in [0.5, 0.6) is 5.75 Å². The average molecular weight is 442 g/mol. The average Bonchev–Trinajstić information content (AvgIpc) is 2.79. The third-order valence-electron chi connectivity index (χ3n) is 6.86. The Bertz CT molecular complexity index is 877. The minimum atomic E-state index is -0.486. The van der Waals surface area contributed by atoms with Crippen molar-refractivity contribution in [3.63, 3.8) is 0 Å². The van der Waals surface area contributed by atoms with Gasteiger partial charge in [0.05, 0.1) is 0 Å². The van der Waals surface area contributed by atoms with Crippen LogP contribution in [0.4, 0.5) is 10.1 Å². The molecule has 4 rings (SSSR count). The van der Waals surface area contributed by atoms with Gasteiger partial charge in [0.15, 0.2) is 0 Å². The predicted molar refractivity (Wildman–Crippen MR) is 126 cm³/mol. The van der Waals surface area contributed by atoms with Crippen LogP contribution in [0.3, 0.4) is 0 Å². The Morgan fingerprint density at radius 2 is 1.81 bits per heavy atom. The molecule has 0 amide bonds. The van der Waals surface area contributed by atoms with Gasteiger partial charge in [0.25, 0.3) is 0 Å². The van der Waals surface area contributed by atoms with Crippen LogP contribution in [0.1, 0.15) is 69.6 Å². The van der Waals surface area contributed by atoms with E-state index >= 15 is 0 Å². The Balaban J connectivity index is 1.49. The first-order chi connectivity index (χ1) is 15.5. The van der Waals surface area contributed by atoms with Gasteiger partial charge in [-0.15, -0.1) is 0 Å². The molecule has 32 heavy (non-hydrogen) atoms. The number of nitrogens with one attached hydrogen (secondary N) is 1. The Morgan fingerprint density at radius 1 is 1.06 bits per heavy atom. The second kappa shape index (κ2) is 10.2. The van der Waals surface area contributed by atoms with E-state index in [4.69, 9.17) is 14.2 Å². The summed E-state index contributed by atoms with van der Waals surface area (Å²) in [5.41, 5.74) is 2.54. The van der Waals surface area contributed by atoms with E-state index in [0.29, 0.717) is 6.54 Å². The minimum absolute atomic E-state index is 0.185. The van der Waals surface area contributed by atoms with E-state index in [1.54, 1.807) is 19.2 Å². The molecule has 2 atom stereocenters. The predicted octanol–water partition coefficient (Wildman–Crippen LogP) is 6.65. The Hall–Kier alpha value is -2.11. The molecule has 0 spiro atoms. The third kappa shape index (κ3) is 5.44. The van der Waals surface area contributed by atoms with Crippen molar-refractivity contribution in [2.24, 2.45) is 5.92 Å². The quantitative estimate of drug-likeness (QED) is 0.498. The van der Waals surface area contributed by atoms with Crippen LogP contribution >= 0.6 is 0 Å². The van der Waals surface area contributed by atoms with E-state index < -0.39 is 5.60 Å². The van der Waals surface area contributed by atoms with Crippen LogP contribution in [-0.4, -0.2) is 25.4 Å². The lowest BCUT2D eigenvalue weighted by Crippen LogP contribution is -2.50. The topological polar surface area (TPSA) is 39.7 Å². The van der Waals surface area contributed by atoms with E-state index in [0.717, 1.165) is 41.5 Å². The second-order valence-electron chi connectivity index (χ2n) is 9.68. The summed E-state index contributed by atoms with van der Waals surface area (Å²) in [6.07, 6.45) is 7.44. The summed E-state index contributed by atoms with van der Waals surface area (Å²) in [5.74, 6) is 1.40. The summed E-state index contributed by atoms with van der Waals surface area (Å²) < 4.78 is 31.9. The molecule has 1 heterocycles. The highest BCUT2D eigenvalue weighted by Crippen LogP contribution is 2.44. The molecule has 0 saturated heterocycles. The molecule has 1 fully saturated rings. The molecule has 0 radical (unpaired) electrons. The smallest absolute Gasteiger partial charge is 0.132 e. The number of methoxy groups -OCH3 is 1. The zero-order chi connectivity index (χ0) is 22.6. The first-order valence-electron chi connectivity index (χ1n) is 11.9. The van der Waals surface area contributed by atoms with Gasteiger partial charge < -0.3 is 19.5 Å². The molecule has 1 saturated carbocycles. The zero-order valence-corrected chi connectivity index (χ0v) is 19.5. The van der Waals surface area contributed by atoms with Crippen molar-refractivity contribution in [1.29, 1.82) is 0 Å². The van der Waals surface area contributed by atoms with Crippen LogP contribution in [-0.2, 0) is 16.0 Å². The normalized spacial score (nSPS) is 22.8. The van der Waals surface area contributed by atoms with E-state index in [1.165, 1.54) is 44.2 Å². The molecule has 1 aliphatic heterocycles. The molecule has 2 aromatic carbocycles. The van der Waals surface area contributed by atoms with Crippen LogP contribution in [0.25, 0.3) is 0 Å². The highest BCUT2D eigenvalue weighted by atomic mass is 19.1. The maximum Gasteiger partial charge on any atom is 0.132 e. The summed E-state index contributed by atoms with van der Waals surface area (Å²) in [7, 11) is 1.73. The van der Waals surface area contributed by atoms with Crippen molar-refractivity contribution in [1.82, 2.24) is 0 Å². The second-order valence-corrected chi connectivity index (χ2v) is 9.68. The van der Waals surface area contributed by atoms with Gasteiger partial charge in [0, 0.05) is 31.5 Å². The summed E-state index contributed by atoms with van der Waals surface area (Å²) in [6.45, 7) is 5.47. The first kappa shape index (κ1) is 23.1. The maximum atomic E-state index is 13.2. The molecule has 0 aromatic heterocycles. The van der Waals surface area contributed by atoms with E-state index in [2.05, 4.69) is 25.2 Å². The molecule has 2 aliphatic rings. The number of anilines is 1. The lowest BCUT2D eigenvalue weighted by Gasteiger charge is -2.44. The number of hydrogen-bond acceptors (Lipinski definition) is 4.